The second-order valence-electron chi connectivity index (χ2n) is 5.40. The Kier molecular flexibility index (Phi) is 4.68. The maximum absolute atomic E-state index is 13.7. The Morgan fingerprint density at radius 2 is 2.16 bits per heavy atom. The Labute approximate surface area is 116 Å². The zero-order valence-corrected chi connectivity index (χ0v) is 12.1. The standard InChI is InChI=1S/C12H17ClFN3O2/c1-12(2,3)8(5-9(18)19)17(4)10-7(14)6-15-11(13)16-10/h6,8H,5H2,1-4H3,(H,18,19). The van der Waals surface area contributed by atoms with Crippen LogP contribution in [0.3, 0.4) is 0 Å². The lowest BCUT2D eigenvalue weighted by molar-refractivity contribution is -0.138. The van der Waals surface area contributed by atoms with Crippen molar-refractivity contribution in [3.8, 4) is 0 Å². The first kappa shape index (κ1) is 15.6. The fraction of sp³-hybridized carbons (Fsp3) is 0.583. The van der Waals surface area contributed by atoms with Crippen LogP contribution in [0.25, 0.3) is 0 Å². The number of carboxylic acids is 1. The van der Waals surface area contributed by atoms with Crippen LogP contribution >= 0.6 is 11.6 Å². The molecular formula is C12H17ClFN3O2. The van der Waals surface area contributed by atoms with Crippen molar-refractivity contribution in [1.29, 1.82) is 0 Å². The van der Waals surface area contributed by atoms with Gasteiger partial charge in [-0.2, -0.15) is 4.98 Å². The van der Waals surface area contributed by atoms with E-state index in [0.29, 0.717) is 0 Å². The van der Waals surface area contributed by atoms with E-state index < -0.39 is 17.8 Å². The third-order valence-electron chi connectivity index (χ3n) is 2.87. The van der Waals surface area contributed by atoms with Gasteiger partial charge in [0.05, 0.1) is 12.6 Å². The van der Waals surface area contributed by atoms with Gasteiger partial charge in [-0.15, -0.1) is 0 Å². The zero-order valence-electron chi connectivity index (χ0n) is 11.3. The minimum absolute atomic E-state index is 0.00109. The largest absolute Gasteiger partial charge is 0.481 e. The highest BCUT2D eigenvalue weighted by Gasteiger charge is 2.32. The first-order valence-corrected chi connectivity index (χ1v) is 6.13. The van der Waals surface area contributed by atoms with Crippen LogP contribution in [0.4, 0.5) is 10.2 Å². The molecule has 5 nitrogen and oxygen atoms in total. The van der Waals surface area contributed by atoms with E-state index >= 15 is 0 Å². The van der Waals surface area contributed by atoms with Crippen LogP contribution in [0.5, 0.6) is 0 Å². The number of halogens is 2. The van der Waals surface area contributed by atoms with Crippen molar-refractivity contribution in [2.45, 2.75) is 33.2 Å². The van der Waals surface area contributed by atoms with Gasteiger partial charge in [-0.05, 0) is 17.0 Å². The van der Waals surface area contributed by atoms with Gasteiger partial charge in [-0.3, -0.25) is 4.79 Å². The zero-order chi connectivity index (χ0) is 14.8. The quantitative estimate of drug-likeness (QED) is 0.863. The Bertz CT molecular complexity index is 477. The molecule has 1 aromatic rings. The highest BCUT2D eigenvalue weighted by Crippen LogP contribution is 2.30. The van der Waals surface area contributed by atoms with E-state index in [1.165, 1.54) is 4.90 Å². The minimum atomic E-state index is -0.952. The predicted octanol–water partition coefficient (Wildman–Crippen LogP) is 2.59. The second-order valence-corrected chi connectivity index (χ2v) is 5.74. The molecule has 0 saturated carbocycles. The van der Waals surface area contributed by atoms with Crippen LogP contribution in [0.15, 0.2) is 6.20 Å². The molecule has 1 rings (SSSR count). The molecule has 0 aliphatic heterocycles. The van der Waals surface area contributed by atoms with Crippen LogP contribution in [-0.2, 0) is 4.79 Å². The molecule has 0 radical (unpaired) electrons. The summed E-state index contributed by atoms with van der Waals surface area (Å²) in [7, 11) is 1.60. The lowest BCUT2D eigenvalue weighted by Crippen LogP contribution is -2.44. The second kappa shape index (κ2) is 5.69. The molecule has 0 fully saturated rings. The van der Waals surface area contributed by atoms with Crippen molar-refractivity contribution in [2.24, 2.45) is 5.41 Å². The highest BCUT2D eigenvalue weighted by molar-refractivity contribution is 6.28. The molecule has 0 bridgehead atoms. The van der Waals surface area contributed by atoms with Gasteiger partial charge in [0.15, 0.2) is 11.6 Å². The van der Waals surface area contributed by atoms with Gasteiger partial charge in [-0.1, -0.05) is 20.8 Å². The van der Waals surface area contributed by atoms with Crippen molar-refractivity contribution >= 4 is 23.4 Å². The van der Waals surface area contributed by atoms with E-state index in [2.05, 4.69) is 9.97 Å². The molecule has 0 aliphatic rings. The molecule has 1 N–H and O–H groups in total. The normalized spacial score (nSPS) is 13.2. The average Bonchev–Trinajstić information content (AvgIpc) is 2.26. The van der Waals surface area contributed by atoms with E-state index in [1.807, 2.05) is 20.8 Å². The fourth-order valence-corrected chi connectivity index (χ4v) is 2.05. The van der Waals surface area contributed by atoms with Gasteiger partial charge in [-0.25, -0.2) is 9.37 Å². The number of aliphatic carboxylic acids is 1. The average molecular weight is 290 g/mol. The topological polar surface area (TPSA) is 66.3 Å². The molecule has 7 heteroatoms. The van der Waals surface area contributed by atoms with Gasteiger partial charge in [0.2, 0.25) is 5.28 Å². The predicted molar refractivity (Wildman–Crippen MR) is 70.9 cm³/mol. The Balaban J connectivity index is 3.15. The summed E-state index contributed by atoms with van der Waals surface area (Å²) >= 11 is 5.65. The van der Waals surface area contributed by atoms with Crippen molar-refractivity contribution in [3.05, 3.63) is 17.3 Å². The van der Waals surface area contributed by atoms with Crippen molar-refractivity contribution in [1.82, 2.24) is 9.97 Å². The highest BCUT2D eigenvalue weighted by atomic mass is 35.5. The first-order chi connectivity index (χ1) is 8.62. The van der Waals surface area contributed by atoms with Crippen LogP contribution in [-0.4, -0.2) is 34.1 Å². The van der Waals surface area contributed by atoms with Crippen LogP contribution in [0.2, 0.25) is 5.28 Å². The molecule has 106 valence electrons. The SMILES string of the molecule is CN(c1nc(Cl)ncc1F)C(CC(=O)O)C(C)(C)C. The number of aromatic nitrogens is 2. The third kappa shape index (κ3) is 4.02. The van der Waals surface area contributed by atoms with E-state index in [-0.39, 0.29) is 22.9 Å². The number of nitrogens with zero attached hydrogens (tertiary/aromatic N) is 3. The number of anilines is 1. The van der Waals surface area contributed by atoms with Gasteiger partial charge < -0.3 is 10.0 Å². The molecule has 0 aliphatic carbocycles. The number of hydrogen-bond donors (Lipinski definition) is 1. The van der Waals surface area contributed by atoms with Crippen molar-refractivity contribution in [3.63, 3.8) is 0 Å². The maximum atomic E-state index is 13.7. The Morgan fingerprint density at radius 1 is 1.58 bits per heavy atom. The molecule has 1 unspecified atom stereocenters. The molecule has 1 heterocycles. The summed E-state index contributed by atoms with van der Waals surface area (Å²) in [6.07, 6.45) is 0.850. The lowest BCUT2D eigenvalue weighted by atomic mass is 9.84. The summed E-state index contributed by atoms with van der Waals surface area (Å²) in [6, 6.07) is -0.425. The van der Waals surface area contributed by atoms with E-state index in [4.69, 9.17) is 16.7 Å². The maximum Gasteiger partial charge on any atom is 0.305 e. The van der Waals surface area contributed by atoms with Crippen LogP contribution < -0.4 is 4.90 Å². The van der Waals surface area contributed by atoms with Crippen LogP contribution in [0.1, 0.15) is 27.2 Å². The number of carboxylic acid groups (broad SMARTS) is 1. The smallest absolute Gasteiger partial charge is 0.305 e. The molecule has 0 aromatic carbocycles. The molecule has 1 aromatic heterocycles. The molecule has 0 saturated heterocycles. The van der Waals surface area contributed by atoms with Gasteiger partial charge in [0.1, 0.15) is 0 Å². The van der Waals surface area contributed by atoms with Crippen molar-refractivity contribution < 1.29 is 14.3 Å². The van der Waals surface area contributed by atoms with E-state index in [0.717, 1.165) is 6.20 Å². The number of carbonyl (C=O) groups is 1. The molecule has 1 atom stereocenters. The number of rotatable bonds is 4. The van der Waals surface area contributed by atoms with Crippen molar-refractivity contribution in [2.75, 3.05) is 11.9 Å². The van der Waals surface area contributed by atoms with Gasteiger partial charge >= 0.3 is 5.97 Å². The van der Waals surface area contributed by atoms with Gasteiger partial charge in [0, 0.05) is 13.1 Å². The van der Waals surface area contributed by atoms with Gasteiger partial charge in [0.25, 0.3) is 0 Å². The summed E-state index contributed by atoms with van der Waals surface area (Å²) in [5, 5.41) is 8.91. The van der Waals surface area contributed by atoms with Crippen LogP contribution in [0, 0.1) is 11.2 Å². The summed E-state index contributed by atoms with van der Waals surface area (Å²) in [4.78, 5) is 19.8. The Hall–Kier alpha value is -1.43. The molecule has 0 spiro atoms. The number of hydrogen-bond acceptors (Lipinski definition) is 4. The Morgan fingerprint density at radius 3 is 2.63 bits per heavy atom. The summed E-state index contributed by atoms with van der Waals surface area (Å²) in [5.41, 5.74) is -0.364. The summed E-state index contributed by atoms with van der Waals surface area (Å²) < 4.78 is 13.7. The first-order valence-electron chi connectivity index (χ1n) is 5.75. The molecule has 19 heavy (non-hydrogen) atoms. The minimum Gasteiger partial charge on any atom is -0.481 e. The molecular weight excluding hydrogens is 273 g/mol. The summed E-state index contributed by atoms with van der Waals surface area (Å²) in [5.74, 6) is -1.58. The summed E-state index contributed by atoms with van der Waals surface area (Å²) in [6.45, 7) is 5.66. The lowest BCUT2D eigenvalue weighted by Gasteiger charge is -2.37. The third-order valence-corrected chi connectivity index (χ3v) is 3.05. The van der Waals surface area contributed by atoms with E-state index in [1.54, 1.807) is 7.05 Å². The van der Waals surface area contributed by atoms with E-state index in [9.17, 15) is 9.18 Å². The molecule has 0 amide bonds. The fourth-order valence-electron chi connectivity index (χ4n) is 1.92. The monoisotopic (exact) mass is 289 g/mol.